The minimum Gasteiger partial charge on any atom is -0.341 e. The standard InChI is InChI=1S/C19H27F2N3O2.ClH/c1-12(2)17(19(26)24-9-7-13(8-10-24)11-22-3)23-18(25)16-14(20)5-4-6-15(16)21;/h4-6,12-13,17,22H,7-11H2,1-3H3,(H,23,25);1H. The van der Waals surface area contributed by atoms with E-state index in [0.29, 0.717) is 19.0 Å². The number of benzene rings is 1. The van der Waals surface area contributed by atoms with Crippen molar-refractivity contribution < 1.29 is 18.4 Å². The van der Waals surface area contributed by atoms with Crippen LogP contribution in [-0.4, -0.2) is 49.4 Å². The molecule has 2 amide bonds. The summed E-state index contributed by atoms with van der Waals surface area (Å²) in [5.41, 5.74) is -0.654. The van der Waals surface area contributed by atoms with Crippen LogP contribution in [0.3, 0.4) is 0 Å². The van der Waals surface area contributed by atoms with Crippen molar-refractivity contribution in [2.45, 2.75) is 32.7 Å². The van der Waals surface area contributed by atoms with Crippen molar-refractivity contribution >= 4 is 24.2 Å². The van der Waals surface area contributed by atoms with E-state index in [1.165, 1.54) is 6.07 Å². The normalized spacial score (nSPS) is 16.0. The number of piperidine rings is 1. The van der Waals surface area contributed by atoms with Gasteiger partial charge in [0, 0.05) is 13.1 Å². The summed E-state index contributed by atoms with van der Waals surface area (Å²) >= 11 is 0. The Morgan fingerprint density at radius 3 is 2.22 bits per heavy atom. The van der Waals surface area contributed by atoms with Crippen LogP contribution < -0.4 is 10.6 Å². The number of rotatable bonds is 6. The lowest BCUT2D eigenvalue weighted by Gasteiger charge is -2.35. The molecular weight excluding hydrogens is 376 g/mol. The maximum Gasteiger partial charge on any atom is 0.257 e. The molecule has 5 nitrogen and oxygen atoms in total. The van der Waals surface area contributed by atoms with Gasteiger partial charge in [-0.25, -0.2) is 8.78 Å². The zero-order valence-electron chi connectivity index (χ0n) is 15.9. The number of halogens is 3. The molecule has 2 rings (SSSR count). The molecule has 1 heterocycles. The Labute approximate surface area is 165 Å². The zero-order chi connectivity index (χ0) is 19.3. The highest BCUT2D eigenvalue weighted by molar-refractivity contribution is 5.98. The SMILES string of the molecule is CNCC1CCN(C(=O)C(NC(=O)c2c(F)cccc2F)C(C)C)CC1.Cl. The molecule has 1 fully saturated rings. The molecule has 152 valence electrons. The van der Waals surface area contributed by atoms with Gasteiger partial charge in [0.15, 0.2) is 0 Å². The Morgan fingerprint density at radius 1 is 1.19 bits per heavy atom. The van der Waals surface area contributed by atoms with Crippen molar-refractivity contribution in [3.63, 3.8) is 0 Å². The van der Waals surface area contributed by atoms with E-state index in [2.05, 4.69) is 10.6 Å². The molecule has 0 spiro atoms. The predicted octanol–water partition coefficient (Wildman–Crippen LogP) is 2.60. The van der Waals surface area contributed by atoms with Crippen LogP contribution in [0.15, 0.2) is 18.2 Å². The quantitative estimate of drug-likeness (QED) is 0.767. The summed E-state index contributed by atoms with van der Waals surface area (Å²) in [7, 11) is 1.91. The van der Waals surface area contributed by atoms with E-state index in [-0.39, 0.29) is 24.2 Å². The highest BCUT2D eigenvalue weighted by Gasteiger charge is 2.32. The Balaban J connectivity index is 0.00000364. The van der Waals surface area contributed by atoms with Gasteiger partial charge >= 0.3 is 0 Å². The number of hydrogen-bond donors (Lipinski definition) is 2. The molecule has 0 saturated carbocycles. The van der Waals surface area contributed by atoms with Crippen molar-refractivity contribution in [1.29, 1.82) is 0 Å². The number of carbonyl (C=O) groups excluding carboxylic acids is 2. The van der Waals surface area contributed by atoms with Gasteiger partial charge in [-0.15, -0.1) is 12.4 Å². The van der Waals surface area contributed by atoms with Gasteiger partial charge < -0.3 is 15.5 Å². The van der Waals surface area contributed by atoms with Crippen LogP contribution in [0.2, 0.25) is 0 Å². The maximum atomic E-state index is 13.8. The first-order chi connectivity index (χ1) is 12.3. The van der Waals surface area contributed by atoms with E-state index in [4.69, 9.17) is 0 Å². The summed E-state index contributed by atoms with van der Waals surface area (Å²) in [5, 5.41) is 5.67. The molecule has 1 aromatic rings. The van der Waals surface area contributed by atoms with Crippen LogP contribution >= 0.6 is 12.4 Å². The molecule has 0 radical (unpaired) electrons. The van der Waals surface area contributed by atoms with Crippen LogP contribution in [-0.2, 0) is 4.79 Å². The number of likely N-dealkylation sites (tertiary alicyclic amines) is 1. The van der Waals surface area contributed by atoms with Crippen molar-refractivity contribution in [2.75, 3.05) is 26.7 Å². The summed E-state index contributed by atoms with van der Waals surface area (Å²) in [6.07, 6.45) is 1.79. The van der Waals surface area contributed by atoms with Gasteiger partial charge in [-0.05, 0) is 50.4 Å². The molecule has 27 heavy (non-hydrogen) atoms. The van der Waals surface area contributed by atoms with Crippen molar-refractivity contribution in [1.82, 2.24) is 15.5 Å². The molecule has 1 atom stereocenters. The molecule has 1 unspecified atom stereocenters. The third-order valence-corrected chi connectivity index (χ3v) is 4.83. The zero-order valence-corrected chi connectivity index (χ0v) is 16.7. The van der Waals surface area contributed by atoms with Gasteiger partial charge in [-0.2, -0.15) is 0 Å². The molecule has 1 saturated heterocycles. The lowest BCUT2D eigenvalue weighted by molar-refractivity contribution is -0.135. The fourth-order valence-electron chi connectivity index (χ4n) is 3.28. The van der Waals surface area contributed by atoms with Gasteiger partial charge in [-0.3, -0.25) is 9.59 Å². The average Bonchev–Trinajstić information content (AvgIpc) is 2.59. The minimum absolute atomic E-state index is 0. The van der Waals surface area contributed by atoms with Gasteiger partial charge in [0.25, 0.3) is 5.91 Å². The molecular formula is C19H28ClF2N3O2. The summed E-state index contributed by atoms with van der Waals surface area (Å²) in [6.45, 7) is 5.76. The van der Waals surface area contributed by atoms with E-state index in [1.807, 2.05) is 7.05 Å². The molecule has 2 N–H and O–H groups in total. The smallest absolute Gasteiger partial charge is 0.257 e. The summed E-state index contributed by atoms with van der Waals surface area (Å²) in [4.78, 5) is 26.9. The molecule has 1 aliphatic heterocycles. The number of amides is 2. The van der Waals surface area contributed by atoms with Gasteiger partial charge in [0.05, 0.1) is 0 Å². The van der Waals surface area contributed by atoms with Crippen LogP contribution in [0.5, 0.6) is 0 Å². The molecule has 1 aliphatic rings. The third-order valence-electron chi connectivity index (χ3n) is 4.83. The van der Waals surface area contributed by atoms with Crippen molar-refractivity contribution in [2.24, 2.45) is 11.8 Å². The lowest BCUT2D eigenvalue weighted by Crippen LogP contribution is -2.53. The summed E-state index contributed by atoms with van der Waals surface area (Å²) in [6, 6.07) is 2.43. The summed E-state index contributed by atoms with van der Waals surface area (Å²) in [5.74, 6) is -2.65. The van der Waals surface area contributed by atoms with Gasteiger partial charge in [-0.1, -0.05) is 19.9 Å². The first kappa shape index (κ1) is 23.3. The number of hydrogen-bond acceptors (Lipinski definition) is 3. The van der Waals surface area contributed by atoms with E-state index >= 15 is 0 Å². The second kappa shape index (κ2) is 10.6. The highest BCUT2D eigenvalue weighted by atomic mass is 35.5. The third kappa shape index (κ3) is 5.87. The fourth-order valence-corrected chi connectivity index (χ4v) is 3.28. The molecule has 8 heteroatoms. The van der Waals surface area contributed by atoms with E-state index in [0.717, 1.165) is 31.5 Å². The second-order valence-electron chi connectivity index (χ2n) is 7.12. The Kier molecular flexibility index (Phi) is 9.12. The first-order valence-electron chi connectivity index (χ1n) is 9.03. The Morgan fingerprint density at radius 2 is 1.74 bits per heavy atom. The average molecular weight is 404 g/mol. The Bertz CT molecular complexity index is 630. The Hall–Kier alpha value is -1.73. The number of nitrogens with zero attached hydrogens (tertiary/aromatic N) is 1. The lowest BCUT2D eigenvalue weighted by atomic mass is 9.95. The van der Waals surface area contributed by atoms with E-state index in [9.17, 15) is 18.4 Å². The number of carbonyl (C=O) groups is 2. The monoisotopic (exact) mass is 403 g/mol. The molecule has 0 bridgehead atoms. The van der Waals surface area contributed by atoms with Gasteiger partial charge in [0.1, 0.15) is 23.2 Å². The number of nitrogens with one attached hydrogen (secondary N) is 2. The molecule has 0 aliphatic carbocycles. The largest absolute Gasteiger partial charge is 0.341 e. The van der Waals surface area contributed by atoms with Crippen LogP contribution in [0.4, 0.5) is 8.78 Å². The van der Waals surface area contributed by atoms with Gasteiger partial charge in [0.2, 0.25) is 5.91 Å². The van der Waals surface area contributed by atoms with Crippen molar-refractivity contribution in [3.8, 4) is 0 Å². The highest BCUT2D eigenvalue weighted by Crippen LogP contribution is 2.19. The van der Waals surface area contributed by atoms with Crippen molar-refractivity contribution in [3.05, 3.63) is 35.4 Å². The molecule has 1 aromatic carbocycles. The topological polar surface area (TPSA) is 61.4 Å². The summed E-state index contributed by atoms with van der Waals surface area (Å²) < 4.78 is 27.6. The fraction of sp³-hybridized carbons (Fsp3) is 0.579. The van der Waals surface area contributed by atoms with E-state index < -0.39 is 29.1 Å². The van der Waals surface area contributed by atoms with Crippen LogP contribution in [0.25, 0.3) is 0 Å². The van der Waals surface area contributed by atoms with Crippen LogP contribution in [0.1, 0.15) is 37.0 Å². The molecule has 0 aromatic heterocycles. The predicted molar refractivity (Wildman–Crippen MR) is 103 cm³/mol. The first-order valence-corrected chi connectivity index (χ1v) is 9.03. The van der Waals surface area contributed by atoms with Crippen LogP contribution in [0, 0.1) is 23.5 Å². The minimum atomic E-state index is -0.940. The van der Waals surface area contributed by atoms with E-state index in [1.54, 1.807) is 18.7 Å². The maximum absolute atomic E-state index is 13.8. The second-order valence-corrected chi connectivity index (χ2v) is 7.12.